The molecule has 0 fully saturated rings. The average Bonchev–Trinajstić information content (AvgIpc) is 2.59. The number of aromatic nitrogens is 2. The number of aryl methyl sites for hydroxylation is 1. The van der Waals surface area contributed by atoms with Crippen molar-refractivity contribution < 1.29 is 4.39 Å². The highest BCUT2D eigenvalue weighted by atomic mass is 79.9. The summed E-state index contributed by atoms with van der Waals surface area (Å²) >= 11 is 3.17. The summed E-state index contributed by atoms with van der Waals surface area (Å²) in [7, 11) is 0. The zero-order valence-corrected chi connectivity index (χ0v) is 9.83. The number of halogens is 2. The molecule has 0 radical (unpaired) electrons. The molecule has 0 unspecified atom stereocenters. The van der Waals surface area contributed by atoms with Gasteiger partial charge in [0.15, 0.2) is 0 Å². The van der Waals surface area contributed by atoms with Gasteiger partial charge in [0.05, 0.1) is 4.47 Å². The van der Waals surface area contributed by atoms with Crippen LogP contribution in [0.25, 0.3) is 0 Å². The molecule has 1 aromatic carbocycles. The van der Waals surface area contributed by atoms with Crippen molar-refractivity contribution in [2.45, 2.75) is 13.5 Å². The lowest BCUT2D eigenvalue weighted by Gasteiger charge is -2.05. The summed E-state index contributed by atoms with van der Waals surface area (Å²) in [6.45, 7) is 2.66. The molecule has 0 aliphatic rings. The molecule has 1 aromatic heterocycles. The van der Waals surface area contributed by atoms with Crippen LogP contribution in [0.5, 0.6) is 0 Å². The highest BCUT2D eigenvalue weighted by Crippen LogP contribution is 2.17. The first-order valence-electron chi connectivity index (χ1n) is 4.58. The van der Waals surface area contributed by atoms with Gasteiger partial charge in [0.25, 0.3) is 0 Å². The van der Waals surface area contributed by atoms with Crippen molar-refractivity contribution in [3.63, 3.8) is 0 Å². The first kappa shape index (κ1) is 10.4. The van der Waals surface area contributed by atoms with Gasteiger partial charge in [-0.3, -0.25) is 0 Å². The van der Waals surface area contributed by atoms with Crippen molar-refractivity contribution >= 4 is 15.9 Å². The number of imidazole rings is 1. The molecule has 2 rings (SSSR count). The van der Waals surface area contributed by atoms with Gasteiger partial charge in [0, 0.05) is 18.9 Å². The molecule has 2 aromatic rings. The third-order valence-electron chi connectivity index (χ3n) is 2.26. The van der Waals surface area contributed by atoms with Gasteiger partial charge in [-0.25, -0.2) is 9.37 Å². The Morgan fingerprint density at radius 1 is 1.47 bits per heavy atom. The molecule has 0 N–H and O–H groups in total. The summed E-state index contributed by atoms with van der Waals surface area (Å²) in [6, 6.07) is 5.03. The van der Waals surface area contributed by atoms with E-state index >= 15 is 0 Å². The smallest absolute Gasteiger partial charge is 0.137 e. The average molecular weight is 269 g/mol. The van der Waals surface area contributed by atoms with Gasteiger partial charge in [0.2, 0.25) is 0 Å². The van der Waals surface area contributed by atoms with Crippen LogP contribution in [-0.2, 0) is 6.54 Å². The Kier molecular flexibility index (Phi) is 2.86. The molecule has 0 bridgehead atoms. The molecule has 1 heterocycles. The van der Waals surface area contributed by atoms with Crippen LogP contribution in [0, 0.1) is 12.7 Å². The SMILES string of the molecule is Cc1nccn1Cc1ccc(F)c(Br)c1. The zero-order chi connectivity index (χ0) is 10.8. The van der Waals surface area contributed by atoms with E-state index in [1.54, 1.807) is 18.3 Å². The molecule has 0 atom stereocenters. The van der Waals surface area contributed by atoms with Gasteiger partial charge in [0.1, 0.15) is 11.6 Å². The Hall–Kier alpha value is -1.16. The second-order valence-corrected chi connectivity index (χ2v) is 4.21. The van der Waals surface area contributed by atoms with Crippen molar-refractivity contribution in [1.29, 1.82) is 0 Å². The van der Waals surface area contributed by atoms with Crippen molar-refractivity contribution in [2.75, 3.05) is 0 Å². The summed E-state index contributed by atoms with van der Waals surface area (Å²) in [5, 5.41) is 0. The Morgan fingerprint density at radius 2 is 2.27 bits per heavy atom. The maximum atomic E-state index is 13.0. The minimum Gasteiger partial charge on any atom is -0.331 e. The zero-order valence-electron chi connectivity index (χ0n) is 8.24. The van der Waals surface area contributed by atoms with Gasteiger partial charge >= 0.3 is 0 Å². The van der Waals surface area contributed by atoms with Crippen LogP contribution >= 0.6 is 15.9 Å². The first-order valence-corrected chi connectivity index (χ1v) is 5.38. The molecular weight excluding hydrogens is 259 g/mol. The van der Waals surface area contributed by atoms with Crippen molar-refractivity contribution in [3.8, 4) is 0 Å². The van der Waals surface area contributed by atoms with Crippen LogP contribution < -0.4 is 0 Å². The number of hydrogen-bond acceptors (Lipinski definition) is 1. The third-order valence-corrected chi connectivity index (χ3v) is 2.87. The van der Waals surface area contributed by atoms with E-state index in [0.717, 1.165) is 11.4 Å². The van der Waals surface area contributed by atoms with Gasteiger partial charge in [-0.2, -0.15) is 0 Å². The van der Waals surface area contributed by atoms with E-state index in [4.69, 9.17) is 0 Å². The lowest BCUT2D eigenvalue weighted by atomic mass is 10.2. The Bertz CT molecular complexity index is 479. The number of rotatable bonds is 2. The van der Waals surface area contributed by atoms with Crippen LogP contribution in [0.1, 0.15) is 11.4 Å². The second-order valence-electron chi connectivity index (χ2n) is 3.35. The maximum Gasteiger partial charge on any atom is 0.137 e. The van der Waals surface area contributed by atoms with Crippen LogP contribution in [0.4, 0.5) is 4.39 Å². The predicted octanol–water partition coefficient (Wildman–Crippen LogP) is 3.14. The second kappa shape index (κ2) is 4.14. The molecule has 4 heteroatoms. The number of benzene rings is 1. The van der Waals surface area contributed by atoms with Crippen molar-refractivity contribution in [1.82, 2.24) is 9.55 Å². The highest BCUT2D eigenvalue weighted by molar-refractivity contribution is 9.10. The standard InChI is InChI=1S/C11H10BrFN2/c1-8-14-4-5-15(8)7-9-2-3-11(13)10(12)6-9/h2-6H,7H2,1H3. The molecule has 0 amide bonds. The fourth-order valence-electron chi connectivity index (χ4n) is 1.41. The van der Waals surface area contributed by atoms with Crippen LogP contribution in [0.15, 0.2) is 35.1 Å². The van der Waals surface area contributed by atoms with E-state index < -0.39 is 0 Å². The molecule has 0 aliphatic carbocycles. The topological polar surface area (TPSA) is 17.8 Å². The fourth-order valence-corrected chi connectivity index (χ4v) is 1.83. The minimum atomic E-state index is -0.235. The van der Waals surface area contributed by atoms with E-state index in [1.807, 2.05) is 17.7 Å². The Morgan fingerprint density at radius 3 is 2.87 bits per heavy atom. The summed E-state index contributed by atoms with van der Waals surface area (Å²) < 4.78 is 15.5. The largest absolute Gasteiger partial charge is 0.331 e. The fraction of sp³-hybridized carbons (Fsp3) is 0.182. The molecule has 15 heavy (non-hydrogen) atoms. The summed E-state index contributed by atoms with van der Waals surface area (Å²) in [5.41, 5.74) is 1.05. The highest BCUT2D eigenvalue weighted by Gasteiger charge is 2.02. The normalized spacial score (nSPS) is 10.6. The third kappa shape index (κ3) is 2.26. The number of nitrogens with zero attached hydrogens (tertiary/aromatic N) is 2. The van der Waals surface area contributed by atoms with E-state index in [0.29, 0.717) is 11.0 Å². The molecule has 2 nitrogen and oxygen atoms in total. The molecule has 78 valence electrons. The predicted molar refractivity (Wildman–Crippen MR) is 60.2 cm³/mol. The van der Waals surface area contributed by atoms with Crippen LogP contribution in [0.2, 0.25) is 0 Å². The van der Waals surface area contributed by atoms with Gasteiger partial charge < -0.3 is 4.57 Å². The van der Waals surface area contributed by atoms with E-state index in [-0.39, 0.29) is 5.82 Å². The number of hydrogen-bond donors (Lipinski definition) is 0. The first-order chi connectivity index (χ1) is 7.16. The van der Waals surface area contributed by atoms with E-state index in [1.165, 1.54) is 6.07 Å². The summed E-state index contributed by atoms with van der Waals surface area (Å²) in [5.74, 6) is 0.719. The van der Waals surface area contributed by atoms with Gasteiger partial charge in [-0.15, -0.1) is 0 Å². The van der Waals surface area contributed by atoms with E-state index in [2.05, 4.69) is 20.9 Å². The summed E-state index contributed by atoms with van der Waals surface area (Å²) in [4.78, 5) is 4.13. The monoisotopic (exact) mass is 268 g/mol. The Balaban J connectivity index is 2.25. The molecule has 0 aliphatic heterocycles. The van der Waals surface area contributed by atoms with Gasteiger partial charge in [-0.1, -0.05) is 6.07 Å². The maximum absolute atomic E-state index is 13.0. The van der Waals surface area contributed by atoms with E-state index in [9.17, 15) is 4.39 Å². The quantitative estimate of drug-likeness (QED) is 0.819. The van der Waals surface area contributed by atoms with Crippen molar-refractivity contribution in [2.24, 2.45) is 0 Å². The summed E-state index contributed by atoms with van der Waals surface area (Å²) in [6.07, 6.45) is 3.67. The van der Waals surface area contributed by atoms with Crippen LogP contribution in [-0.4, -0.2) is 9.55 Å². The Labute approximate surface area is 95.9 Å². The molecular formula is C11H10BrFN2. The van der Waals surface area contributed by atoms with Crippen LogP contribution in [0.3, 0.4) is 0 Å². The molecule has 0 spiro atoms. The molecule has 0 saturated carbocycles. The lowest BCUT2D eigenvalue weighted by Crippen LogP contribution is -2.00. The molecule has 0 saturated heterocycles. The van der Waals surface area contributed by atoms with Gasteiger partial charge in [-0.05, 0) is 40.5 Å². The van der Waals surface area contributed by atoms with Crippen molar-refractivity contribution in [3.05, 3.63) is 52.3 Å². The lowest BCUT2D eigenvalue weighted by molar-refractivity contribution is 0.619. The minimum absolute atomic E-state index is 0.235.